The van der Waals surface area contributed by atoms with E-state index in [2.05, 4.69) is 33.4 Å². The van der Waals surface area contributed by atoms with Crippen LogP contribution in [0.5, 0.6) is 0 Å². The van der Waals surface area contributed by atoms with Crippen molar-refractivity contribution in [1.29, 1.82) is 0 Å². The fourth-order valence-corrected chi connectivity index (χ4v) is 4.85. The minimum Gasteiger partial charge on any atom is -0.478 e. The minimum atomic E-state index is -1.25. The van der Waals surface area contributed by atoms with Gasteiger partial charge in [-0.3, -0.25) is 0 Å². The second-order valence-corrected chi connectivity index (χ2v) is 8.95. The van der Waals surface area contributed by atoms with Gasteiger partial charge in [-0.05, 0) is 46.4 Å². The summed E-state index contributed by atoms with van der Waals surface area (Å²) in [7, 11) is 0. The van der Waals surface area contributed by atoms with Gasteiger partial charge in [0.25, 0.3) is 0 Å². The first-order valence-corrected chi connectivity index (χ1v) is 11.6. The Kier molecular flexibility index (Phi) is 7.31. The number of carboxylic acids is 1. The second kappa shape index (κ2) is 10.4. The van der Waals surface area contributed by atoms with Crippen molar-refractivity contribution >= 4 is 28.0 Å². The van der Waals surface area contributed by atoms with Gasteiger partial charge in [-0.1, -0.05) is 70.5 Å². The quantitative estimate of drug-likeness (QED) is 0.344. The first kappa shape index (κ1) is 23.9. The first-order valence-electron chi connectivity index (χ1n) is 10.8. The van der Waals surface area contributed by atoms with Crippen LogP contribution in [0.25, 0.3) is 11.1 Å². The van der Waals surface area contributed by atoms with Gasteiger partial charge in [-0.2, -0.15) is 0 Å². The molecule has 3 aromatic carbocycles. The standard InChI is InChI=1S/C26H24BrNO6/c27-22-13-15(25(31)32)9-10-20(22)24(30)23(29)11-12-28-26(33)34-14-21-18-7-3-1-5-16(18)17-6-2-4-8-19(17)21/h1-10,13,21,23-24,29-30H,11-12,14H2,(H,28,33)(H,31,32). The Morgan fingerprint density at radius 3 is 2.18 bits per heavy atom. The van der Waals surface area contributed by atoms with Crippen LogP contribution in [0.3, 0.4) is 0 Å². The fourth-order valence-electron chi connectivity index (χ4n) is 4.24. The first-order chi connectivity index (χ1) is 16.4. The van der Waals surface area contributed by atoms with Crippen LogP contribution in [-0.4, -0.2) is 46.6 Å². The molecule has 4 rings (SSSR count). The number of carbonyl (C=O) groups excluding carboxylic acids is 1. The van der Waals surface area contributed by atoms with E-state index in [1.165, 1.54) is 18.2 Å². The number of fused-ring (bicyclic) bond motifs is 3. The average molecular weight is 526 g/mol. The zero-order valence-electron chi connectivity index (χ0n) is 18.1. The number of halogens is 1. The van der Waals surface area contributed by atoms with E-state index in [0.29, 0.717) is 10.0 Å². The topological polar surface area (TPSA) is 116 Å². The van der Waals surface area contributed by atoms with Crippen LogP contribution in [-0.2, 0) is 4.74 Å². The number of hydrogen-bond donors (Lipinski definition) is 4. The highest BCUT2D eigenvalue weighted by Gasteiger charge is 2.29. The fraction of sp³-hybridized carbons (Fsp3) is 0.231. The molecular weight excluding hydrogens is 502 g/mol. The van der Waals surface area contributed by atoms with E-state index in [1.807, 2.05) is 36.4 Å². The molecule has 0 bridgehead atoms. The number of aromatic carboxylic acids is 1. The molecule has 0 fully saturated rings. The number of ether oxygens (including phenoxy) is 1. The van der Waals surface area contributed by atoms with Gasteiger partial charge in [0.1, 0.15) is 12.7 Å². The lowest BCUT2D eigenvalue weighted by Gasteiger charge is -2.20. The summed E-state index contributed by atoms with van der Waals surface area (Å²) in [6, 6.07) is 20.3. The van der Waals surface area contributed by atoms with Crippen LogP contribution in [0.1, 0.15) is 45.5 Å². The van der Waals surface area contributed by atoms with Crippen LogP contribution in [0, 0.1) is 0 Å². The van der Waals surface area contributed by atoms with Crippen LogP contribution in [0.4, 0.5) is 4.79 Å². The van der Waals surface area contributed by atoms with Gasteiger partial charge in [0.2, 0.25) is 0 Å². The van der Waals surface area contributed by atoms with Crippen LogP contribution in [0.2, 0.25) is 0 Å². The van der Waals surface area contributed by atoms with Gasteiger partial charge in [0, 0.05) is 16.9 Å². The molecule has 0 saturated heterocycles. The summed E-state index contributed by atoms with van der Waals surface area (Å²) >= 11 is 3.23. The Labute approximate surface area is 205 Å². The summed E-state index contributed by atoms with van der Waals surface area (Å²) in [6.07, 6.45) is -2.93. The lowest BCUT2D eigenvalue weighted by atomic mass is 9.98. The SMILES string of the molecule is O=C(NCCC(O)C(O)c1ccc(C(=O)O)cc1Br)OCC1c2ccccc2-c2ccccc21. The van der Waals surface area contributed by atoms with Crippen molar-refractivity contribution in [1.82, 2.24) is 5.32 Å². The zero-order valence-corrected chi connectivity index (χ0v) is 19.7. The Morgan fingerprint density at radius 2 is 1.59 bits per heavy atom. The van der Waals surface area contributed by atoms with Gasteiger partial charge >= 0.3 is 12.1 Å². The lowest BCUT2D eigenvalue weighted by molar-refractivity contribution is 0.0132. The van der Waals surface area contributed by atoms with Crippen molar-refractivity contribution in [2.45, 2.75) is 24.5 Å². The molecule has 2 atom stereocenters. The molecule has 8 heteroatoms. The predicted molar refractivity (Wildman–Crippen MR) is 130 cm³/mol. The van der Waals surface area contributed by atoms with Crippen molar-refractivity contribution in [3.8, 4) is 11.1 Å². The molecule has 7 nitrogen and oxygen atoms in total. The van der Waals surface area contributed by atoms with E-state index in [0.717, 1.165) is 22.3 Å². The summed E-state index contributed by atoms with van der Waals surface area (Å²) < 4.78 is 5.84. The Bertz CT molecular complexity index is 1170. The summed E-state index contributed by atoms with van der Waals surface area (Å²) in [5.41, 5.74) is 4.95. The van der Waals surface area contributed by atoms with Crippen molar-refractivity contribution < 1.29 is 29.6 Å². The van der Waals surface area contributed by atoms with Crippen molar-refractivity contribution in [2.24, 2.45) is 0 Å². The number of rotatable bonds is 8. The second-order valence-electron chi connectivity index (χ2n) is 8.09. The molecule has 1 amide bonds. The maximum atomic E-state index is 12.3. The maximum absolute atomic E-state index is 12.3. The van der Waals surface area contributed by atoms with E-state index in [1.54, 1.807) is 0 Å². The van der Waals surface area contributed by atoms with E-state index in [9.17, 15) is 19.8 Å². The molecular formula is C26H24BrNO6. The van der Waals surface area contributed by atoms with Crippen molar-refractivity contribution in [3.05, 3.63) is 93.5 Å². The van der Waals surface area contributed by atoms with Crippen molar-refractivity contribution in [2.75, 3.05) is 13.2 Å². The van der Waals surface area contributed by atoms with E-state index in [4.69, 9.17) is 9.84 Å². The summed E-state index contributed by atoms with van der Waals surface area (Å²) in [5, 5.41) is 32.4. The van der Waals surface area contributed by atoms with Gasteiger partial charge in [-0.25, -0.2) is 9.59 Å². The number of carbonyl (C=O) groups is 2. The third-order valence-corrected chi connectivity index (χ3v) is 6.67. The molecule has 0 spiro atoms. The van der Waals surface area contributed by atoms with Crippen LogP contribution < -0.4 is 5.32 Å². The molecule has 0 saturated carbocycles. The van der Waals surface area contributed by atoms with Gasteiger partial charge in [0.05, 0.1) is 11.7 Å². The monoisotopic (exact) mass is 525 g/mol. The smallest absolute Gasteiger partial charge is 0.407 e. The van der Waals surface area contributed by atoms with Crippen molar-refractivity contribution in [3.63, 3.8) is 0 Å². The molecule has 0 aliphatic heterocycles. The molecule has 1 aliphatic rings. The molecule has 2 unspecified atom stereocenters. The molecule has 34 heavy (non-hydrogen) atoms. The summed E-state index contributed by atoms with van der Waals surface area (Å²) in [5.74, 6) is -1.13. The van der Waals surface area contributed by atoms with Crippen LogP contribution in [0.15, 0.2) is 71.2 Å². The minimum absolute atomic E-state index is 0.0447. The highest BCUT2D eigenvalue weighted by Crippen LogP contribution is 2.44. The predicted octanol–water partition coefficient (Wildman–Crippen LogP) is 4.47. The molecule has 0 radical (unpaired) electrons. The van der Waals surface area contributed by atoms with E-state index < -0.39 is 24.3 Å². The number of nitrogens with one attached hydrogen (secondary N) is 1. The largest absolute Gasteiger partial charge is 0.478 e. The number of benzene rings is 3. The molecule has 3 aromatic rings. The number of alkyl carbamates (subject to hydrolysis) is 1. The lowest BCUT2D eigenvalue weighted by Crippen LogP contribution is -2.30. The molecule has 1 aliphatic carbocycles. The Morgan fingerprint density at radius 1 is 0.971 bits per heavy atom. The average Bonchev–Trinajstić information content (AvgIpc) is 3.16. The number of amides is 1. The number of carboxylic acid groups (broad SMARTS) is 1. The van der Waals surface area contributed by atoms with Crippen LogP contribution >= 0.6 is 15.9 Å². The van der Waals surface area contributed by atoms with Gasteiger partial charge in [0.15, 0.2) is 0 Å². The number of aliphatic hydroxyl groups is 2. The van der Waals surface area contributed by atoms with E-state index in [-0.39, 0.29) is 31.1 Å². The third kappa shape index (κ3) is 4.99. The third-order valence-electron chi connectivity index (χ3n) is 5.98. The summed E-state index contributed by atoms with van der Waals surface area (Å²) in [6.45, 7) is 0.285. The normalized spacial score (nSPS) is 14.1. The van der Waals surface area contributed by atoms with Gasteiger partial charge < -0.3 is 25.4 Å². The molecule has 0 aromatic heterocycles. The Balaban J connectivity index is 1.28. The van der Waals surface area contributed by atoms with Gasteiger partial charge in [-0.15, -0.1) is 0 Å². The molecule has 176 valence electrons. The van der Waals surface area contributed by atoms with E-state index >= 15 is 0 Å². The molecule has 4 N–H and O–H groups in total. The zero-order chi connectivity index (χ0) is 24.2. The highest BCUT2D eigenvalue weighted by atomic mass is 79.9. The number of hydrogen-bond acceptors (Lipinski definition) is 5. The summed E-state index contributed by atoms with van der Waals surface area (Å²) in [4.78, 5) is 23.3. The Hall–Kier alpha value is -3.20. The maximum Gasteiger partial charge on any atom is 0.407 e. The number of aliphatic hydroxyl groups excluding tert-OH is 2. The highest BCUT2D eigenvalue weighted by molar-refractivity contribution is 9.10. The molecule has 0 heterocycles.